The monoisotopic (exact) mass is 281 g/mol. The Morgan fingerprint density at radius 1 is 1.26 bits per heavy atom. The molecule has 0 heterocycles. The van der Waals surface area contributed by atoms with Crippen LogP contribution in [0.15, 0.2) is 24.3 Å². The molecule has 0 unspecified atom stereocenters. The third-order valence-corrected chi connectivity index (χ3v) is 4.21. The molecule has 1 aliphatic carbocycles. The number of hydrogen-bond donors (Lipinski definition) is 1. The van der Waals surface area contributed by atoms with Crippen LogP contribution in [0.4, 0.5) is 0 Å². The lowest BCUT2D eigenvalue weighted by Crippen LogP contribution is -2.36. The summed E-state index contributed by atoms with van der Waals surface area (Å²) in [7, 11) is 0. The standard InChI is InChI=1S/C16H24ClNO/c1-12(18)16(19-11-14-4-2-3-5-14)10-13-6-8-15(17)9-7-13/h6-9,12,14,16H,2-5,10-11,18H2,1H3/t12-,16+/m1/s1. The second kappa shape index (κ2) is 7.28. The Balaban J connectivity index is 1.86. The fourth-order valence-electron chi connectivity index (χ4n) is 2.69. The van der Waals surface area contributed by atoms with Crippen molar-refractivity contribution >= 4 is 11.6 Å². The van der Waals surface area contributed by atoms with Gasteiger partial charge in [0.15, 0.2) is 0 Å². The smallest absolute Gasteiger partial charge is 0.0763 e. The Bertz CT molecular complexity index is 371. The van der Waals surface area contributed by atoms with Crippen molar-refractivity contribution in [2.75, 3.05) is 6.61 Å². The summed E-state index contributed by atoms with van der Waals surface area (Å²) in [4.78, 5) is 0. The predicted molar refractivity (Wildman–Crippen MR) is 80.5 cm³/mol. The normalized spacial score (nSPS) is 19.5. The van der Waals surface area contributed by atoms with E-state index in [1.54, 1.807) is 0 Å². The number of ether oxygens (including phenoxy) is 1. The Morgan fingerprint density at radius 2 is 1.89 bits per heavy atom. The first-order chi connectivity index (χ1) is 9.15. The molecule has 1 fully saturated rings. The highest BCUT2D eigenvalue weighted by Gasteiger charge is 2.20. The Morgan fingerprint density at radius 3 is 2.47 bits per heavy atom. The molecule has 1 aliphatic rings. The van der Waals surface area contributed by atoms with Crippen molar-refractivity contribution in [1.82, 2.24) is 0 Å². The van der Waals surface area contributed by atoms with Gasteiger partial charge in [0.05, 0.1) is 6.10 Å². The summed E-state index contributed by atoms with van der Waals surface area (Å²) in [5.74, 6) is 0.742. The molecule has 2 rings (SSSR count). The fraction of sp³-hybridized carbons (Fsp3) is 0.625. The van der Waals surface area contributed by atoms with E-state index in [0.29, 0.717) is 0 Å². The number of rotatable bonds is 6. The summed E-state index contributed by atoms with van der Waals surface area (Å²) in [5, 5.41) is 0.771. The van der Waals surface area contributed by atoms with Gasteiger partial charge in [0.25, 0.3) is 0 Å². The Labute approximate surface area is 121 Å². The number of nitrogens with two attached hydrogens (primary N) is 1. The van der Waals surface area contributed by atoms with E-state index < -0.39 is 0 Å². The zero-order valence-electron chi connectivity index (χ0n) is 11.6. The highest BCUT2D eigenvalue weighted by Crippen LogP contribution is 2.25. The van der Waals surface area contributed by atoms with Crippen LogP contribution in [0.5, 0.6) is 0 Å². The fourth-order valence-corrected chi connectivity index (χ4v) is 2.81. The molecule has 0 spiro atoms. The lowest BCUT2D eigenvalue weighted by molar-refractivity contribution is 0.0185. The van der Waals surface area contributed by atoms with Crippen LogP contribution in [-0.2, 0) is 11.2 Å². The molecule has 0 bridgehead atoms. The van der Waals surface area contributed by atoms with Gasteiger partial charge in [-0.3, -0.25) is 0 Å². The minimum absolute atomic E-state index is 0.0529. The summed E-state index contributed by atoms with van der Waals surface area (Å²) < 4.78 is 6.06. The van der Waals surface area contributed by atoms with Crippen LogP contribution >= 0.6 is 11.6 Å². The second-order valence-electron chi connectivity index (χ2n) is 5.71. The van der Waals surface area contributed by atoms with E-state index in [2.05, 4.69) is 12.1 Å². The molecule has 0 saturated heterocycles. The van der Waals surface area contributed by atoms with Gasteiger partial charge in [-0.15, -0.1) is 0 Å². The van der Waals surface area contributed by atoms with Gasteiger partial charge in [0, 0.05) is 24.1 Å². The first-order valence-electron chi connectivity index (χ1n) is 7.27. The van der Waals surface area contributed by atoms with E-state index in [0.717, 1.165) is 24.0 Å². The third-order valence-electron chi connectivity index (χ3n) is 3.96. The van der Waals surface area contributed by atoms with Crippen LogP contribution in [0.2, 0.25) is 5.02 Å². The van der Waals surface area contributed by atoms with Gasteiger partial charge in [-0.25, -0.2) is 0 Å². The highest BCUT2D eigenvalue weighted by atomic mass is 35.5. The summed E-state index contributed by atoms with van der Waals surface area (Å²) >= 11 is 5.90. The van der Waals surface area contributed by atoms with Gasteiger partial charge in [0.2, 0.25) is 0 Å². The molecule has 0 aromatic heterocycles. The van der Waals surface area contributed by atoms with E-state index in [1.807, 2.05) is 19.1 Å². The molecule has 0 aliphatic heterocycles. The summed E-state index contributed by atoms with van der Waals surface area (Å²) in [6.07, 6.45) is 6.30. The quantitative estimate of drug-likeness (QED) is 0.861. The predicted octanol–water partition coefficient (Wildman–Crippen LogP) is 3.81. The summed E-state index contributed by atoms with van der Waals surface area (Å²) in [5.41, 5.74) is 7.28. The molecule has 1 aromatic carbocycles. The summed E-state index contributed by atoms with van der Waals surface area (Å²) in [6.45, 7) is 2.88. The van der Waals surface area contributed by atoms with Crippen molar-refractivity contribution in [3.05, 3.63) is 34.9 Å². The van der Waals surface area contributed by atoms with Crippen LogP contribution in [0.3, 0.4) is 0 Å². The molecule has 1 aromatic rings. The van der Waals surface area contributed by atoms with E-state index in [1.165, 1.54) is 31.2 Å². The first-order valence-corrected chi connectivity index (χ1v) is 7.64. The van der Waals surface area contributed by atoms with Crippen LogP contribution in [-0.4, -0.2) is 18.8 Å². The maximum Gasteiger partial charge on any atom is 0.0763 e. The Kier molecular flexibility index (Phi) is 5.68. The topological polar surface area (TPSA) is 35.2 Å². The third kappa shape index (κ3) is 4.79. The molecule has 1 saturated carbocycles. The van der Waals surface area contributed by atoms with Gasteiger partial charge in [-0.2, -0.15) is 0 Å². The van der Waals surface area contributed by atoms with Crippen LogP contribution in [0, 0.1) is 5.92 Å². The lowest BCUT2D eigenvalue weighted by atomic mass is 10.0. The van der Waals surface area contributed by atoms with Gasteiger partial charge in [-0.05, 0) is 43.4 Å². The van der Waals surface area contributed by atoms with Gasteiger partial charge < -0.3 is 10.5 Å². The van der Waals surface area contributed by atoms with Gasteiger partial charge >= 0.3 is 0 Å². The van der Waals surface area contributed by atoms with E-state index >= 15 is 0 Å². The molecular formula is C16H24ClNO. The molecule has 2 atom stereocenters. The molecule has 2 nitrogen and oxygen atoms in total. The maximum atomic E-state index is 6.06. The van der Waals surface area contributed by atoms with Crippen molar-refractivity contribution in [1.29, 1.82) is 0 Å². The lowest BCUT2D eigenvalue weighted by Gasteiger charge is -2.23. The molecule has 3 heteroatoms. The molecule has 19 heavy (non-hydrogen) atoms. The van der Waals surface area contributed by atoms with Crippen LogP contribution < -0.4 is 5.73 Å². The molecule has 0 radical (unpaired) electrons. The highest BCUT2D eigenvalue weighted by molar-refractivity contribution is 6.30. The zero-order valence-corrected chi connectivity index (χ0v) is 12.4. The minimum Gasteiger partial charge on any atom is -0.376 e. The average molecular weight is 282 g/mol. The van der Waals surface area contributed by atoms with E-state index in [9.17, 15) is 0 Å². The SMILES string of the molecule is C[C@@H](N)[C@H](Cc1ccc(Cl)cc1)OCC1CCCC1. The van der Waals surface area contributed by atoms with Crippen molar-refractivity contribution in [3.8, 4) is 0 Å². The number of halogens is 1. The largest absolute Gasteiger partial charge is 0.376 e. The van der Waals surface area contributed by atoms with Crippen LogP contribution in [0.1, 0.15) is 38.2 Å². The van der Waals surface area contributed by atoms with E-state index in [4.69, 9.17) is 22.1 Å². The van der Waals surface area contributed by atoms with Crippen molar-refractivity contribution < 1.29 is 4.74 Å². The molecule has 106 valence electrons. The second-order valence-corrected chi connectivity index (χ2v) is 6.15. The Hall–Kier alpha value is -0.570. The minimum atomic E-state index is 0.0529. The van der Waals surface area contributed by atoms with Gasteiger partial charge in [0.1, 0.15) is 0 Å². The van der Waals surface area contributed by atoms with Gasteiger partial charge in [-0.1, -0.05) is 36.6 Å². The van der Waals surface area contributed by atoms with Crippen molar-refractivity contribution in [3.63, 3.8) is 0 Å². The number of benzene rings is 1. The zero-order chi connectivity index (χ0) is 13.7. The van der Waals surface area contributed by atoms with E-state index in [-0.39, 0.29) is 12.1 Å². The molecule has 0 amide bonds. The summed E-state index contributed by atoms with van der Waals surface area (Å²) in [6, 6.07) is 8.00. The van der Waals surface area contributed by atoms with Crippen LogP contribution in [0.25, 0.3) is 0 Å². The molecular weight excluding hydrogens is 258 g/mol. The first kappa shape index (κ1) is 14.8. The van der Waals surface area contributed by atoms with Crippen molar-refractivity contribution in [2.45, 2.75) is 51.2 Å². The molecule has 2 N–H and O–H groups in total. The number of hydrogen-bond acceptors (Lipinski definition) is 2. The average Bonchev–Trinajstić information content (AvgIpc) is 2.89. The van der Waals surface area contributed by atoms with Crippen molar-refractivity contribution in [2.24, 2.45) is 11.7 Å². The maximum absolute atomic E-state index is 6.06.